The van der Waals surface area contributed by atoms with Gasteiger partial charge in [0.25, 0.3) is 5.82 Å². The first kappa shape index (κ1) is 10.9. The molecule has 0 spiro atoms. The van der Waals surface area contributed by atoms with Crippen molar-refractivity contribution in [2.45, 2.75) is 32.2 Å². The van der Waals surface area contributed by atoms with Crippen LogP contribution in [0.25, 0.3) is 0 Å². The van der Waals surface area contributed by atoms with Gasteiger partial charge in [0.2, 0.25) is 0 Å². The van der Waals surface area contributed by atoms with Crippen molar-refractivity contribution >= 4 is 5.97 Å². The molecule has 0 aromatic carbocycles. The van der Waals surface area contributed by atoms with Crippen LogP contribution < -0.4 is 15.2 Å². The molecule has 1 atom stereocenters. The van der Waals surface area contributed by atoms with Gasteiger partial charge in [-0.05, 0) is 19.8 Å². The second kappa shape index (κ2) is 3.73. The average Bonchev–Trinajstić information content (AvgIpc) is 2.22. The summed E-state index contributed by atoms with van der Waals surface area (Å²) < 4.78 is 3.29. The minimum absolute atomic E-state index is 0.0572. The van der Waals surface area contributed by atoms with E-state index in [0.717, 1.165) is 25.1 Å². The van der Waals surface area contributed by atoms with Crippen LogP contribution in [-0.4, -0.2) is 10.5 Å². The Kier molecular flexibility index (Phi) is 2.53. The lowest BCUT2D eigenvalue weighted by atomic mass is 10.0. The van der Waals surface area contributed by atoms with E-state index in [1.165, 1.54) is 6.20 Å². The van der Waals surface area contributed by atoms with Gasteiger partial charge in [-0.2, -0.15) is 4.57 Å². The van der Waals surface area contributed by atoms with Gasteiger partial charge < -0.3 is 9.90 Å². The van der Waals surface area contributed by atoms with E-state index in [0.29, 0.717) is 0 Å². The quantitative estimate of drug-likeness (QED) is 0.568. The van der Waals surface area contributed by atoms with E-state index in [9.17, 15) is 14.7 Å². The zero-order valence-corrected chi connectivity index (χ0v) is 9.40. The topological polar surface area (TPSA) is 66.0 Å². The summed E-state index contributed by atoms with van der Waals surface area (Å²) in [5, 5.41) is 10.8. The first-order valence-corrected chi connectivity index (χ1v) is 5.37. The van der Waals surface area contributed by atoms with Gasteiger partial charge in [-0.1, -0.05) is 0 Å². The van der Waals surface area contributed by atoms with Gasteiger partial charge >= 0.3 is 5.56 Å². The number of nitrogens with zero attached hydrogens (tertiary/aromatic N) is 2. The summed E-state index contributed by atoms with van der Waals surface area (Å²) in [6.07, 6.45) is 4.09. The van der Waals surface area contributed by atoms with Gasteiger partial charge in [-0.25, -0.2) is 9.36 Å². The number of fused-ring (bicyclic) bond motifs is 1. The highest BCUT2D eigenvalue weighted by atomic mass is 16.4. The fourth-order valence-corrected chi connectivity index (χ4v) is 2.32. The summed E-state index contributed by atoms with van der Waals surface area (Å²) in [7, 11) is 1.76. The second-order valence-corrected chi connectivity index (χ2v) is 4.27. The van der Waals surface area contributed by atoms with Crippen molar-refractivity contribution in [1.82, 2.24) is 4.57 Å². The third kappa shape index (κ3) is 1.52. The Balaban J connectivity index is 2.75. The van der Waals surface area contributed by atoms with E-state index in [1.54, 1.807) is 16.2 Å². The van der Waals surface area contributed by atoms with Crippen molar-refractivity contribution in [1.29, 1.82) is 0 Å². The predicted molar refractivity (Wildman–Crippen MR) is 53.9 cm³/mol. The highest BCUT2D eigenvalue weighted by Crippen LogP contribution is 2.19. The number of carbonyl (C=O) groups is 1. The highest BCUT2D eigenvalue weighted by Gasteiger charge is 2.28. The molecule has 86 valence electrons. The van der Waals surface area contributed by atoms with Crippen molar-refractivity contribution < 1.29 is 14.5 Å². The number of hydrogen-bond acceptors (Lipinski definition) is 3. The standard InChI is InChI=1S/C11H14N2O3/c1-7-4-3-5-9-12(2)6-8(11(15)16)10(14)13(7)9/h6-7H,3-5H2,1-2H3. The number of carbonyl (C=O) groups excluding carboxylic acids is 1. The molecular formula is C11H14N2O3. The Hall–Kier alpha value is -1.65. The van der Waals surface area contributed by atoms with Crippen molar-refractivity contribution in [3.63, 3.8) is 0 Å². The van der Waals surface area contributed by atoms with Crippen LogP contribution in [0.15, 0.2) is 11.0 Å². The fourth-order valence-electron chi connectivity index (χ4n) is 2.32. The Morgan fingerprint density at radius 2 is 2.31 bits per heavy atom. The van der Waals surface area contributed by atoms with E-state index in [4.69, 9.17) is 0 Å². The van der Waals surface area contributed by atoms with E-state index < -0.39 is 11.5 Å². The monoisotopic (exact) mass is 222 g/mol. The lowest BCUT2D eigenvalue weighted by Crippen LogP contribution is -2.49. The first-order valence-electron chi connectivity index (χ1n) is 5.37. The first-order chi connectivity index (χ1) is 7.52. The molecule has 5 heteroatoms. The lowest BCUT2D eigenvalue weighted by Gasteiger charge is -2.20. The molecule has 1 aromatic heterocycles. The third-order valence-corrected chi connectivity index (χ3v) is 3.14. The molecule has 0 saturated carbocycles. The maximum Gasteiger partial charge on any atom is 0.346 e. The molecular weight excluding hydrogens is 208 g/mol. The molecule has 1 unspecified atom stereocenters. The number of aromatic carboxylic acids is 1. The number of aromatic nitrogens is 2. The second-order valence-electron chi connectivity index (χ2n) is 4.27. The van der Waals surface area contributed by atoms with E-state index >= 15 is 0 Å². The van der Waals surface area contributed by atoms with Gasteiger partial charge in [0.1, 0.15) is 17.8 Å². The van der Waals surface area contributed by atoms with Crippen LogP contribution in [-0.2, 0) is 13.5 Å². The molecule has 0 aliphatic carbocycles. The third-order valence-electron chi connectivity index (χ3n) is 3.14. The lowest BCUT2D eigenvalue weighted by molar-refractivity contribution is -0.685. The number of carboxylic acid groups (broad SMARTS) is 1. The van der Waals surface area contributed by atoms with Crippen LogP contribution in [0.4, 0.5) is 0 Å². The van der Waals surface area contributed by atoms with Crippen molar-refractivity contribution in [3.05, 3.63) is 27.9 Å². The molecule has 2 rings (SSSR count). The van der Waals surface area contributed by atoms with Crippen molar-refractivity contribution in [2.75, 3.05) is 0 Å². The van der Waals surface area contributed by atoms with Gasteiger partial charge in [-0.3, -0.25) is 0 Å². The normalized spacial score (nSPS) is 19.2. The molecule has 1 aliphatic heterocycles. The Morgan fingerprint density at radius 1 is 1.62 bits per heavy atom. The zero-order valence-electron chi connectivity index (χ0n) is 9.40. The van der Waals surface area contributed by atoms with E-state index in [-0.39, 0.29) is 11.6 Å². The van der Waals surface area contributed by atoms with Crippen LogP contribution in [0.2, 0.25) is 0 Å². The maximum absolute atomic E-state index is 11.9. The van der Waals surface area contributed by atoms with Crippen molar-refractivity contribution in [2.24, 2.45) is 7.05 Å². The van der Waals surface area contributed by atoms with Crippen LogP contribution in [0.3, 0.4) is 0 Å². The summed E-state index contributed by atoms with van der Waals surface area (Å²) in [4.78, 5) is 22.8. The molecule has 1 aliphatic rings. The summed E-state index contributed by atoms with van der Waals surface area (Å²) in [6.45, 7) is 1.93. The zero-order chi connectivity index (χ0) is 11.9. The number of aryl methyl sites for hydroxylation is 1. The Bertz CT molecular complexity index is 505. The summed E-state index contributed by atoms with van der Waals surface area (Å²) in [5.74, 6) is -0.526. The Labute approximate surface area is 93.0 Å². The van der Waals surface area contributed by atoms with Gasteiger partial charge in [0.05, 0.1) is 13.0 Å². The maximum atomic E-state index is 11.9. The molecule has 5 nitrogen and oxygen atoms in total. The molecule has 0 N–H and O–H groups in total. The number of carboxylic acids is 1. The van der Waals surface area contributed by atoms with Crippen LogP contribution >= 0.6 is 0 Å². The fraction of sp³-hybridized carbons (Fsp3) is 0.545. The molecule has 16 heavy (non-hydrogen) atoms. The predicted octanol–water partition coefficient (Wildman–Crippen LogP) is -1.07. The molecule has 0 bridgehead atoms. The largest absolute Gasteiger partial charge is 0.544 e. The van der Waals surface area contributed by atoms with Gasteiger partial charge in [0, 0.05) is 6.42 Å². The molecule has 0 amide bonds. The minimum Gasteiger partial charge on any atom is -0.544 e. The molecule has 0 fully saturated rings. The van der Waals surface area contributed by atoms with Gasteiger partial charge in [0.15, 0.2) is 0 Å². The molecule has 0 saturated heterocycles. The minimum atomic E-state index is -1.41. The van der Waals surface area contributed by atoms with Crippen LogP contribution in [0.5, 0.6) is 0 Å². The Morgan fingerprint density at radius 3 is 2.94 bits per heavy atom. The number of rotatable bonds is 1. The SMILES string of the molecule is CC1CCCc2n1c(=O)c(C(=O)[O-])c[n+]2C. The molecule has 1 aromatic rings. The number of hydrogen-bond donors (Lipinski definition) is 0. The summed E-state index contributed by atoms with van der Waals surface area (Å²) >= 11 is 0. The molecule has 2 heterocycles. The summed E-state index contributed by atoms with van der Waals surface area (Å²) in [6, 6.07) is 0.0572. The van der Waals surface area contributed by atoms with Crippen LogP contribution in [0.1, 0.15) is 42.0 Å². The average molecular weight is 222 g/mol. The van der Waals surface area contributed by atoms with Gasteiger partial charge in [-0.15, -0.1) is 0 Å². The van der Waals surface area contributed by atoms with Crippen LogP contribution in [0, 0.1) is 0 Å². The highest BCUT2D eigenvalue weighted by molar-refractivity contribution is 5.84. The van der Waals surface area contributed by atoms with E-state index in [1.807, 2.05) is 6.92 Å². The van der Waals surface area contributed by atoms with E-state index in [2.05, 4.69) is 0 Å². The smallest absolute Gasteiger partial charge is 0.346 e. The van der Waals surface area contributed by atoms with Crippen molar-refractivity contribution in [3.8, 4) is 0 Å². The summed E-state index contributed by atoms with van der Waals surface area (Å²) in [5.41, 5.74) is -0.708. The molecule has 0 radical (unpaired) electrons.